The highest BCUT2D eigenvalue weighted by Crippen LogP contribution is 2.37. The van der Waals surface area contributed by atoms with Crippen LogP contribution in [0.5, 0.6) is 17.5 Å². The smallest absolute Gasteiger partial charge is 0.387 e. The Labute approximate surface area is 183 Å². The zero-order chi connectivity index (χ0) is 23.8. The first-order valence-electron chi connectivity index (χ1n) is 8.89. The Balaban J connectivity index is 1.77. The zero-order valence-electron chi connectivity index (χ0n) is 16.8. The molecule has 0 saturated carbocycles. The molecule has 0 radical (unpaired) electrons. The van der Waals surface area contributed by atoms with Crippen molar-refractivity contribution in [1.82, 2.24) is 29.9 Å². The molecule has 3 heterocycles. The van der Waals surface area contributed by atoms with Crippen LogP contribution in [-0.2, 0) is 10.0 Å². The molecule has 0 unspecified atom stereocenters. The lowest BCUT2D eigenvalue weighted by Gasteiger charge is -2.14. The summed E-state index contributed by atoms with van der Waals surface area (Å²) >= 11 is 0. The minimum absolute atomic E-state index is 0.0907. The number of fused-ring (bicyclic) bond motifs is 1. The van der Waals surface area contributed by atoms with Gasteiger partial charge in [-0.05, 0) is 12.1 Å². The number of nitrogens with one attached hydrogen (secondary N) is 2. The molecule has 2 N–H and O–H groups in total. The number of methoxy groups -OCH3 is 2. The fraction of sp³-hybridized carbons (Fsp3) is 0.176. The fourth-order valence-electron chi connectivity index (χ4n) is 2.98. The zero-order valence-corrected chi connectivity index (χ0v) is 17.6. The second kappa shape index (κ2) is 8.45. The van der Waals surface area contributed by atoms with Crippen LogP contribution >= 0.6 is 0 Å². The van der Waals surface area contributed by atoms with Gasteiger partial charge in [0.2, 0.25) is 11.7 Å². The van der Waals surface area contributed by atoms with E-state index in [1.165, 1.54) is 18.5 Å². The molecule has 0 aliphatic heterocycles. The third-order valence-electron chi connectivity index (χ3n) is 4.27. The number of alkyl halides is 2. The molecule has 0 aliphatic rings. The van der Waals surface area contributed by atoms with E-state index in [9.17, 15) is 21.6 Å². The van der Waals surface area contributed by atoms with Gasteiger partial charge in [0.1, 0.15) is 10.6 Å². The molecule has 0 atom stereocenters. The van der Waals surface area contributed by atoms with Gasteiger partial charge in [0.25, 0.3) is 21.8 Å². The van der Waals surface area contributed by atoms with Crippen LogP contribution in [0.2, 0.25) is 0 Å². The minimum atomic E-state index is -4.36. The summed E-state index contributed by atoms with van der Waals surface area (Å²) in [5.41, 5.74) is 0.0235. The average Bonchev–Trinajstić information content (AvgIpc) is 3.44. The lowest BCUT2D eigenvalue weighted by atomic mass is 10.2. The normalized spacial score (nSPS) is 11.7. The van der Waals surface area contributed by atoms with Crippen LogP contribution in [0.25, 0.3) is 16.6 Å². The molecule has 0 saturated heterocycles. The molecule has 33 heavy (non-hydrogen) atoms. The van der Waals surface area contributed by atoms with E-state index >= 15 is 0 Å². The highest BCUT2D eigenvalue weighted by Gasteiger charge is 2.26. The number of hydrogen-bond acceptors (Lipinski definition) is 9. The number of H-pyrrole nitrogens is 1. The summed E-state index contributed by atoms with van der Waals surface area (Å²) < 4.78 is 82.1. The number of sulfonamides is 1. The van der Waals surface area contributed by atoms with Crippen molar-refractivity contribution >= 4 is 26.9 Å². The fourth-order valence-corrected chi connectivity index (χ4v) is 4.09. The summed E-state index contributed by atoms with van der Waals surface area (Å²) in [6.07, 6.45) is 3.79. The Hall–Kier alpha value is -4.08. The van der Waals surface area contributed by atoms with E-state index < -0.39 is 45.9 Å². The lowest BCUT2D eigenvalue weighted by Crippen LogP contribution is -2.16. The van der Waals surface area contributed by atoms with Crippen molar-refractivity contribution in [2.24, 2.45) is 0 Å². The van der Waals surface area contributed by atoms with Gasteiger partial charge in [0.15, 0.2) is 5.82 Å². The average molecular weight is 485 g/mol. The summed E-state index contributed by atoms with van der Waals surface area (Å²) in [4.78, 5) is 10.9. The molecular weight excluding hydrogens is 471 g/mol. The number of benzene rings is 1. The molecule has 3 aromatic heterocycles. The molecule has 4 rings (SSSR count). The topological polar surface area (TPSA) is 146 Å². The monoisotopic (exact) mass is 485 g/mol. The standard InChI is InChI=1S/C17H14F3N7O5S/c1-30-14-13(32-16(19)20)15(31-2)25-17(24-14)26-33(28,29)10-7-21-11-8(10)3-4-9(18)12(11)27-22-5-6-23-27/h3-7,16,21H,1-2H3,(H,24,25,26). The molecule has 0 amide bonds. The van der Waals surface area contributed by atoms with Gasteiger partial charge in [-0.2, -0.15) is 28.9 Å². The van der Waals surface area contributed by atoms with Gasteiger partial charge in [0, 0.05) is 11.6 Å². The van der Waals surface area contributed by atoms with E-state index in [0.29, 0.717) is 0 Å². The third kappa shape index (κ3) is 4.07. The van der Waals surface area contributed by atoms with Gasteiger partial charge in [-0.25, -0.2) is 17.5 Å². The predicted molar refractivity (Wildman–Crippen MR) is 106 cm³/mol. The predicted octanol–water partition coefficient (Wildman–Crippen LogP) is 2.10. The van der Waals surface area contributed by atoms with Crippen molar-refractivity contribution < 1.29 is 35.8 Å². The number of anilines is 1. The van der Waals surface area contributed by atoms with Gasteiger partial charge in [0.05, 0.1) is 32.1 Å². The van der Waals surface area contributed by atoms with Crippen molar-refractivity contribution in [1.29, 1.82) is 0 Å². The van der Waals surface area contributed by atoms with E-state index in [1.807, 2.05) is 0 Å². The molecule has 174 valence electrons. The maximum atomic E-state index is 14.4. The first kappa shape index (κ1) is 22.1. The van der Waals surface area contributed by atoms with Crippen LogP contribution in [0.15, 0.2) is 35.6 Å². The quantitative estimate of drug-likeness (QED) is 0.383. The van der Waals surface area contributed by atoms with Crippen molar-refractivity contribution in [3.8, 4) is 23.2 Å². The van der Waals surface area contributed by atoms with E-state index in [4.69, 9.17) is 9.47 Å². The van der Waals surface area contributed by atoms with Crippen LogP contribution in [-0.4, -0.2) is 59.2 Å². The SMILES string of the molecule is COc1nc(NS(=O)(=O)c2c[nH]c3c(-n4nccn4)c(F)ccc23)nc(OC)c1OC(F)F. The summed E-state index contributed by atoms with van der Waals surface area (Å²) in [7, 11) is -2.14. The van der Waals surface area contributed by atoms with Crippen LogP contribution in [0.4, 0.5) is 19.1 Å². The Kier molecular flexibility index (Phi) is 5.67. The summed E-state index contributed by atoms with van der Waals surface area (Å²) in [5.74, 6) is -2.83. The van der Waals surface area contributed by atoms with Crippen molar-refractivity contribution in [2.45, 2.75) is 11.5 Å². The van der Waals surface area contributed by atoms with E-state index in [-0.39, 0.29) is 21.5 Å². The number of aromatic amines is 1. The number of rotatable bonds is 8. The van der Waals surface area contributed by atoms with E-state index in [2.05, 4.69) is 34.6 Å². The van der Waals surface area contributed by atoms with E-state index in [1.54, 1.807) is 0 Å². The third-order valence-corrected chi connectivity index (χ3v) is 5.64. The van der Waals surface area contributed by atoms with E-state index in [0.717, 1.165) is 31.3 Å². The summed E-state index contributed by atoms with van der Waals surface area (Å²) in [5, 5.41) is 7.86. The summed E-state index contributed by atoms with van der Waals surface area (Å²) in [6, 6.07) is 2.32. The van der Waals surface area contributed by atoms with Gasteiger partial charge < -0.3 is 19.2 Å². The summed E-state index contributed by atoms with van der Waals surface area (Å²) in [6.45, 7) is -3.23. The van der Waals surface area contributed by atoms with Crippen molar-refractivity contribution in [3.63, 3.8) is 0 Å². The second-order valence-electron chi connectivity index (χ2n) is 6.17. The number of aromatic nitrogens is 6. The Morgan fingerprint density at radius 1 is 1.09 bits per heavy atom. The van der Waals surface area contributed by atoms with Gasteiger partial charge >= 0.3 is 6.61 Å². The Morgan fingerprint density at radius 3 is 2.30 bits per heavy atom. The largest absolute Gasteiger partial charge is 0.478 e. The molecule has 12 nitrogen and oxygen atoms in total. The van der Waals surface area contributed by atoms with Crippen LogP contribution in [0.1, 0.15) is 0 Å². The molecule has 0 fully saturated rings. The number of hydrogen-bond donors (Lipinski definition) is 2. The van der Waals surface area contributed by atoms with Crippen LogP contribution in [0, 0.1) is 5.82 Å². The highest BCUT2D eigenvalue weighted by molar-refractivity contribution is 7.93. The molecule has 1 aromatic carbocycles. The number of ether oxygens (including phenoxy) is 3. The molecule has 4 aromatic rings. The molecular formula is C17H14F3N7O5S. The molecule has 16 heteroatoms. The number of nitrogens with zero attached hydrogens (tertiary/aromatic N) is 5. The second-order valence-corrected chi connectivity index (χ2v) is 7.82. The van der Waals surface area contributed by atoms with Crippen molar-refractivity contribution in [2.75, 3.05) is 18.9 Å². The molecule has 0 aliphatic carbocycles. The van der Waals surface area contributed by atoms with Gasteiger partial charge in [-0.1, -0.05) is 0 Å². The molecule has 0 bridgehead atoms. The van der Waals surface area contributed by atoms with Crippen LogP contribution < -0.4 is 18.9 Å². The highest BCUT2D eigenvalue weighted by atomic mass is 32.2. The van der Waals surface area contributed by atoms with Gasteiger partial charge in [-0.3, -0.25) is 0 Å². The van der Waals surface area contributed by atoms with Crippen LogP contribution in [0.3, 0.4) is 0 Å². The molecule has 0 spiro atoms. The Morgan fingerprint density at radius 2 is 1.73 bits per heavy atom. The van der Waals surface area contributed by atoms with Crippen molar-refractivity contribution in [3.05, 3.63) is 36.5 Å². The maximum absolute atomic E-state index is 14.4. The van der Waals surface area contributed by atoms with Gasteiger partial charge in [-0.15, -0.1) is 4.80 Å². The Bertz CT molecular complexity index is 1390. The first-order chi connectivity index (χ1) is 15.7. The minimum Gasteiger partial charge on any atom is -0.478 e. The first-order valence-corrected chi connectivity index (χ1v) is 10.4. The number of halogens is 3. The maximum Gasteiger partial charge on any atom is 0.387 e. The lowest BCUT2D eigenvalue weighted by molar-refractivity contribution is -0.0533.